The summed E-state index contributed by atoms with van der Waals surface area (Å²) in [6.07, 6.45) is 16.7. The molecule has 0 aromatic heterocycles. The van der Waals surface area contributed by atoms with Crippen LogP contribution in [-0.4, -0.2) is 19.6 Å². The Morgan fingerprint density at radius 2 is 1.32 bits per heavy atom. The summed E-state index contributed by atoms with van der Waals surface area (Å²) in [5, 5.41) is 7.89. The van der Waals surface area contributed by atoms with Crippen LogP contribution in [0.5, 0.6) is 0 Å². The Bertz CT molecular complexity index is 2430. The molecule has 0 radical (unpaired) electrons. The van der Waals surface area contributed by atoms with Crippen LogP contribution >= 0.6 is 0 Å². The Kier molecular flexibility index (Phi) is 9.11. The van der Waals surface area contributed by atoms with E-state index in [-0.39, 0.29) is 16.9 Å². The van der Waals surface area contributed by atoms with Crippen molar-refractivity contribution in [2.24, 2.45) is 5.92 Å². The highest BCUT2D eigenvalue weighted by molar-refractivity contribution is 5.96. The maximum absolute atomic E-state index is 4.23. The van der Waals surface area contributed by atoms with Gasteiger partial charge in [0.2, 0.25) is 0 Å². The number of anilines is 2. The zero-order chi connectivity index (χ0) is 36.7. The SMILES string of the molecule is C=CCC1(C)\C(=C/C=C/C=C/C2N(C)c3ccc4ccccc4c3C2(C)Cc2ccc3ccccc3c2)N(CCC(C)C)c2ccc3ccccc3c21. The van der Waals surface area contributed by atoms with E-state index in [2.05, 4.69) is 203 Å². The third-order valence-electron chi connectivity index (χ3n) is 12.2. The molecule has 2 heterocycles. The van der Waals surface area contributed by atoms with Crippen LogP contribution in [0.2, 0.25) is 0 Å². The van der Waals surface area contributed by atoms with Crippen LogP contribution in [-0.2, 0) is 17.3 Å². The fraction of sp³-hybridized carbons (Fsp3) is 0.255. The van der Waals surface area contributed by atoms with Crippen LogP contribution in [0.15, 0.2) is 164 Å². The van der Waals surface area contributed by atoms with Gasteiger partial charge in [0.1, 0.15) is 0 Å². The smallest absolute Gasteiger partial charge is 0.0571 e. The molecule has 2 aliphatic rings. The van der Waals surface area contributed by atoms with Gasteiger partial charge in [0, 0.05) is 41.5 Å². The summed E-state index contributed by atoms with van der Waals surface area (Å²) in [7, 11) is 2.27. The first-order chi connectivity index (χ1) is 25.7. The minimum atomic E-state index is -0.171. The van der Waals surface area contributed by atoms with Crippen molar-refractivity contribution in [3.05, 3.63) is 181 Å². The first-order valence-electron chi connectivity index (χ1n) is 19.4. The molecule has 53 heavy (non-hydrogen) atoms. The standard InChI is InChI=1S/C51H52N2/c1-7-32-50(4)47(53(33-31-36(2)3)45-30-28-40-19-14-16-22-43(40)49(45)50)24-10-8-9-23-46-51(5,35-37-25-26-38-17-11-12-20-41(38)34-37)48-42-21-15-13-18-39(42)27-29-44(48)52(46)6/h7-30,34,36,46H,1,31-33,35H2,2-6H3/b10-8+,23-9+,47-24+. The lowest BCUT2D eigenvalue weighted by atomic mass is 9.72. The van der Waals surface area contributed by atoms with Crippen molar-refractivity contribution in [1.29, 1.82) is 0 Å². The first-order valence-corrected chi connectivity index (χ1v) is 19.4. The fourth-order valence-corrected chi connectivity index (χ4v) is 9.58. The van der Waals surface area contributed by atoms with Crippen molar-refractivity contribution in [3.63, 3.8) is 0 Å². The normalized spacial score (nSPS) is 22.0. The number of fused-ring (bicyclic) bond motifs is 7. The Hall–Kier alpha value is -5.34. The number of allylic oxidation sites excluding steroid dienone is 6. The van der Waals surface area contributed by atoms with E-state index in [9.17, 15) is 0 Å². The molecule has 2 heteroatoms. The third kappa shape index (κ3) is 5.99. The van der Waals surface area contributed by atoms with Gasteiger partial charge in [0.15, 0.2) is 0 Å². The van der Waals surface area contributed by atoms with E-state index >= 15 is 0 Å². The molecule has 2 aliphatic heterocycles. The van der Waals surface area contributed by atoms with Crippen LogP contribution in [0.4, 0.5) is 11.4 Å². The second kappa shape index (κ2) is 13.9. The summed E-state index contributed by atoms with van der Waals surface area (Å²) in [6.45, 7) is 14.8. The van der Waals surface area contributed by atoms with Gasteiger partial charge in [-0.1, -0.05) is 154 Å². The molecule has 0 amide bonds. The van der Waals surface area contributed by atoms with E-state index < -0.39 is 0 Å². The van der Waals surface area contributed by atoms with Crippen molar-refractivity contribution in [3.8, 4) is 0 Å². The molecule has 0 saturated carbocycles. The molecule has 6 aromatic rings. The maximum Gasteiger partial charge on any atom is 0.0571 e. The molecule has 2 nitrogen and oxygen atoms in total. The lowest BCUT2D eigenvalue weighted by Crippen LogP contribution is -2.41. The van der Waals surface area contributed by atoms with Gasteiger partial charge in [-0.15, -0.1) is 6.58 Å². The number of nitrogens with zero attached hydrogens (tertiary/aromatic N) is 2. The van der Waals surface area contributed by atoms with Gasteiger partial charge in [0.25, 0.3) is 0 Å². The monoisotopic (exact) mass is 692 g/mol. The number of hydrogen-bond donors (Lipinski definition) is 0. The molecule has 266 valence electrons. The van der Waals surface area contributed by atoms with Gasteiger partial charge in [-0.05, 0) is 99.3 Å². The second-order valence-electron chi connectivity index (χ2n) is 16.2. The highest BCUT2D eigenvalue weighted by Crippen LogP contribution is 2.53. The van der Waals surface area contributed by atoms with Crippen molar-refractivity contribution in [2.45, 2.75) is 63.8 Å². The van der Waals surface area contributed by atoms with E-state index in [1.54, 1.807) is 0 Å². The van der Waals surface area contributed by atoms with Gasteiger partial charge in [0.05, 0.1) is 6.04 Å². The molecule has 0 bridgehead atoms. The lowest BCUT2D eigenvalue weighted by molar-refractivity contribution is 0.441. The number of benzene rings is 6. The molecule has 8 rings (SSSR count). The van der Waals surface area contributed by atoms with E-state index in [1.807, 2.05) is 0 Å². The van der Waals surface area contributed by atoms with Gasteiger partial charge in [-0.25, -0.2) is 0 Å². The fourth-order valence-electron chi connectivity index (χ4n) is 9.58. The van der Waals surface area contributed by atoms with Gasteiger partial charge < -0.3 is 9.80 Å². The highest BCUT2D eigenvalue weighted by atomic mass is 15.2. The zero-order valence-electron chi connectivity index (χ0n) is 32.0. The minimum absolute atomic E-state index is 0.138. The highest BCUT2D eigenvalue weighted by Gasteiger charge is 2.46. The van der Waals surface area contributed by atoms with E-state index in [4.69, 9.17) is 0 Å². The molecule has 0 N–H and O–H groups in total. The molecule has 3 unspecified atom stereocenters. The van der Waals surface area contributed by atoms with Crippen LogP contribution in [0.25, 0.3) is 32.3 Å². The van der Waals surface area contributed by atoms with Crippen molar-refractivity contribution < 1.29 is 0 Å². The molecule has 0 aliphatic carbocycles. The first kappa shape index (κ1) is 34.7. The van der Waals surface area contributed by atoms with Crippen molar-refractivity contribution in [2.75, 3.05) is 23.4 Å². The quantitative estimate of drug-likeness (QED) is 0.104. The van der Waals surface area contributed by atoms with Crippen molar-refractivity contribution >= 4 is 43.7 Å². The summed E-state index contributed by atoms with van der Waals surface area (Å²) in [6, 6.07) is 42.9. The van der Waals surface area contributed by atoms with Gasteiger partial charge in [-0.2, -0.15) is 0 Å². The van der Waals surface area contributed by atoms with Gasteiger partial charge in [-0.3, -0.25) is 0 Å². The Balaban J connectivity index is 1.17. The molecule has 6 aromatic carbocycles. The van der Waals surface area contributed by atoms with Crippen molar-refractivity contribution in [1.82, 2.24) is 0 Å². The Morgan fingerprint density at radius 1 is 0.698 bits per heavy atom. The van der Waals surface area contributed by atoms with E-state index in [0.29, 0.717) is 5.92 Å². The third-order valence-corrected chi connectivity index (χ3v) is 12.2. The summed E-state index contributed by atoms with van der Waals surface area (Å²) in [5.41, 5.74) is 7.95. The Morgan fingerprint density at radius 3 is 2.02 bits per heavy atom. The van der Waals surface area contributed by atoms with E-state index in [1.165, 1.54) is 66.1 Å². The summed E-state index contributed by atoms with van der Waals surface area (Å²) in [4.78, 5) is 5.09. The largest absolute Gasteiger partial charge is 0.367 e. The summed E-state index contributed by atoms with van der Waals surface area (Å²) >= 11 is 0. The van der Waals surface area contributed by atoms with Gasteiger partial charge >= 0.3 is 0 Å². The number of hydrogen-bond acceptors (Lipinski definition) is 2. The average Bonchev–Trinajstić information content (AvgIpc) is 3.53. The van der Waals surface area contributed by atoms with E-state index in [0.717, 1.165) is 25.8 Å². The zero-order valence-corrected chi connectivity index (χ0v) is 32.0. The Labute approximate surface area is 316 Å². The van der Waals surface area contributed by atoms with Crippen LogP contribution in [0.1, 0.15) is 57.2 Å². The summed E-state index contributed by atoms with van der Waals surface area (Å²) < 4.78 is 0. The maximum atomic E-state index is 4.23. The number of rotatable bonds is 10. The molecule has 0 saturated heterocycles. The average molecular weight is 693 g/mol. The van der Waals surface area contributed by atoms with Crippen LogP contribution < -0.4 is 9.80 Å². The predicted molar refractivity (Wildman–Crippen MR) is 230 cm³/mol. The van der Waals surface area contributed by atoms with Crippen LogP contribution in [0, 0.1) is 5.92 Å². The van der Waals surface area contributed by atoms with Crippen LogP contribution in [0.3, 0.4) is 0 Å². The molecular weight excluding hydrogens is 641 g/mol. The molecule has 0 spiro atoms. The number of likely N-dealkylation sites (N-methyl/N-ethyl adjacent to an activating group) is 1. The summed E-state index contributed by atoms with van der Waals surface area (Å²) in [5.74, 6) is 0.624. The second-order valence-corrected chi connectivity index (χ2v) is 16.2. The molecule has 3 atom stereocenters. The molecule has 0 fully saturated rings. The lowest BCUT2D eigenvalue weighted by Gasteiger charge is -2.34. The minimum Gasteiger partial charge on any atom is -0.367 e. The molecular formula is C51H52N2. The predicted octanol–water partition coefficient (Wildman–Crippen LogP) is 12.9. The topological polar surface area (TPSA) is 6.48 Å².